The van der Waals surface area contributed by atoms with Gasteiger partial charge in [-0.1, -0.05) is 24.8 Å². The smallest absolute Gasteiger partial charge is 0.343 e. The van der Waals surface area contributed by atoms with E-state index in [1.807, 2.05) is 6.07 Å². The van der Waals surface area contributed by atoms with Crippen molar-refractivity contribution in [2.24, 2.45) is 0 Å². The third kappa shape index (κ3) is 2.10. The first-order chi connectivity index (χ1) is 8.24. The van der Waals surface area contributed by atoms with Crippen LogP contribution in [-0.2, 0) is 4.74 Å². The third-order valence-corrected chi connectivity index (χ3v) is 2.34. The Kier molecular flexibility index (Phi) is 3.05. The molecule has 0 spiro atoms. The zero-order valence-corrected chi connectivity index (χ0v) is 9.10. The summed E-state index contributed by atoms with van der Waals surface area (Å²) in [6, 6.07) is 7.00. The van der Waals surface area contributed by atoms with Gasteiger partial charge in [-0.15, -0.1) is 0 Å². The van der Waals surface area contributed by atoms with Gasteiger partial charge in [0.05, 0.1) is 0 Å². The first kappa shape index (κ1) is 11.1. The topological polar surface area (TPSA) is 59.2 Å². The minimum absolute atomic E-state index is 0.00514. The number of pyridine rings is 1. The number of hydrogen-bond donors (Lipinski definition) is 1. The Morgan fingerprint density at radius 3 is 2.94 bits per heavy atom. The van der Waals surface area contributed by atoms with E-state index in [9.17, 15) is 9.59 Å². The maximum atomic E-state index is 12.0. The summed E-state index contributed by atoms with van der Waals surface area (Å²) in [4.78, 5) is 26.5. The SMILES string of the molecule is C=CCOC(=O)c1c[nH]c2ccccc2c1=O. The molecule has 0 aliphatic rings. The summed E-state index contributed by atoms with van der Waals surface area (Å²) in [5.41, 5.74) is 0.372. The molecular formula is C13H11NO3. The molecule has 0 aliphatic carbocycles. The van der Waals surface area contributed by atoms with Gasteiger partial charge in [-0.3, -0.25) is 4.79 Å². The fourth-order valence-electron chi connectivity index (χ4n) is 1.53. The normalized spacial score (nSPS) is 10.1. The van der Waals surface area contributed by atoms with E-state index in [1.165, 1.54) is 12.3 Å². The number of H-pyrrole nitrogens is 1. The molecule has 0 bridgehead atoms. The van der Waals surface area contributed by atoms with Gasteiger partial charge in [0.2, 0.25) is 5.43 Å². The summed E-state index contributed by atoms with van der Waals surface area (Å²) in [6.07, 6.45) is 2.82. The molecule has 0 fully saturated rings. The summed E-state index contributed by atoms with van der Waals surface area (Å²) in [5, 5.41) is 0.473. The van der Waals surface area contributed by atoms with Crippen molar-refractivity contribution in [3.63, 3.8) is 0 Å². The van der Waals surface area contributed by atoms with Gasteiger partial charge in [-0.2, -0.15) is 0 Å². The lowest BCUT2D eigenvalue weighted by Gasteiger charge is -2.02. The van der Waals surface area contributed by atoms with E-state index in [2.05, 4.69) is 11.6 Å². The number of aromatic amines is 1. The van der Waals surface area contributed by atoms with Gasteiger partial charge in [0.1, 0.15) is 12.2 Å². The molecule has 0 unspecified atom stereocenters. The fourth-order valence-corrected chi connectivity index (χ4v) is 1.53. The number of para-hydroxylation sites is 1. The molecule has 4 nitrogen and oxygen atoms in total. The lowest BCUT2D eigenvalue weighted by Crippen LogP contribution is -2.18. The zero-order chi connectivity index (χ0) is 12.3. The average molecular weight is 229 g/mol. The minimum atomic E-state index is -0.642. The van der Waals surface area contributed by atoms with Crippen LogP contribution in [0.1, 0.15) is 10.4 Å². The van der Waals surface area contributed by atoms with E-state index in [4.69, 9.17) is 4.74 Å². The zero-order valence-electron chi connectivity index (χ0n) is 9.10. The number of hydrogen-bond acceptors (Lipinski definition) is 3. The molecule has 2 rings (SSSR count). The van der Waals surface area contributed by atoms with Crippen molar-refractivity contribution in [1.29, 1.82) is 0 Å². The number of rotatable bonds is 3. The summed E-state index contributed by atoms with van der Waals surface area (Å²) >= 11 is 0. The number of carbonyl (C=O) groups is 1. The van der Waals surface area contributed by atoms with Crippen LogP contribution in [0.2, 0.25) is 0 Å². The Morgan fingerprint density at radius 2 is 2.18 bits per heavy atom. The van der Waals surface area contributed by atoms with Crippen LogP contribution < -0.4 is 5.43 Å². The molecule has 1 aromatic carbocycles. The van der Waals surface area contributed by atoms with Gasteiger partial charge in [0.15, 0.2) is 0 Å². The molecule has 0 atom stereocenters. The first-order valence-electron chi connectivity index (χ1n) is 5.12. The Labute approximate surface area is 97.5 Å². The lowest BCUT2D eigenvalue weighted by atomic mass is 10.1. The van der Waals surface area contributed by atoms with Crippen LogP contribution in [-0.4, -0.2) is 17.6 Å². The maximum Gasteiger partial charge on any atom is 0.343 e. The van der Waals surface area contributed by atoms with E-state index in [0.29, 0.717) is 10.9 Å². The number of fused-ring (bicyclic) bond motifs is 1. The monoisotopic (exact) mass is 229 g/mol. The molecular weight excluding hydrogens is 218 g/mol. The number of esters is 1. The van der Waals surface area contributed by atoms with Crippen LogP contribution in [0.25, 0.3) is 10.9 Å². The average Bonchev–Trinajstić information content (AvgIpc) is 2.37. The van der Waals surface area contributed by atoms with Gasteiger partial charge < -0.3 is 9.72 Å². The van der Waals surface area contributed by atoms with Gasteiger partial charge in [0, 0.05) is 17.1 Å². The van der Waals surface area contributed by atoms with Crippen molar-refractivity contribution in [3.8, 4) is 0 Å². The highest BCUT2D eigenvalue weighted by atomic mass is 16.5. The first-order valence-corrected chi connectivity index (χ1v) is 5.12. The molecule has 0 saturated carbocycles. The van der Waals surface area contributed by atoms with E-state index in [-0.39, 0.29) is 17.6 Å². The Morgan fingerprint density at radius 1 is 1.41 bits per heavy atom. The van der Waals surface area contributed by atoms with Gasteiger partial charge in [-0.05, 0) is 12.1 Å². The number of aromatic nitrogens is 1. The largest absolute Gasteiger partial charge is 0.458 e. The van der Waals surface area contributed by atoms with E-state index in [1.54, 1.807) is 18.2 Å². The molecule has 4 heteroatoms. The predicted molar refractivity (Wildman–Crippen MR) is 65.0 cm³/mol. The van der Waals surface area contributed by atoms with E-state index >= 15 is 0 Å². The van der Waals surface area contributed by atoms with Crippen molar-refractivity contribution in [1.82, 2.24) is 4.98 Å². The van der Waals surface area contributed by atoms with Gasteiger partial charge >= 0.3 is 5.97 Å². The Bertz CT molecular complexity index is 628. The summed E-state index contributed by atoms with van der Waals surface area (Å²) in [5.74, 6) is -0.642. The Balaban J connectivity index is 2.49. The minimum Gasteiger partial charge on any atom is -0.458 e. The van der Waals surface area contributed by atoms with Crippen LogP contribution >= 0.6 is 0 Å². The van der Waals surface area contributed by atoms with E-state index in [0.717, 1.165) is 0 Å². The van der Waals surface area contributed by atoms with Crippen molar-refractivity contribution in [3.05, 3.63) is 58.9 Å². The number of nitrogens with one attached hydrogen (secondary N) is 1. The van der Waals surface area contributed by atoms with Crippen molar-refractivity contribution in [2.45, 2.75) is 0 Å². The van der Waals surface area contributed by atoms with Crippen LogP contribution in [0.4, 0.5) is 0 Å². The second kappa shape index (κ2) is 4.65. The molecule has 0 radical (unpaired) electrons. The molecule has 17 heavy (non-hydrogen) atoms. The van der Waals surface area contributed by atoms with Gasteiger partial charge in [0.25, 0.3) is 0 Å². The van der Waals surface area contributed by atoms with Crippen LogP contribution in [0.5, 0.6) is 0 Å². The highest BCUT2D eigenvalue weighted by Gasteiger charge is 2.13. The second-order valence-electron chi connectivity index (χ2n) is 3.46. The van der Waals surface area contributed by atoms with Crippen molar-refractivity contribution < 1.29 is 9.53 Å². The van der Waals surface area contributed by atoms with Crippen molar-refractivity contribution in [2.75, 3.05) is 6.61 Å². The number of benzene rings is 1. The highest BCUT2D eigenvalue weighted by Crippen LogP contribution is 2.07. The highest BCUT2D eigenvalue weighted by molar-refractivity contribution is 5.93. The number of carbonyl (C=O) groups excluding carboxylic acids is 1. The quantitative estimate of drug-likeness (QED) is 0.645. The van der Waals surface area contributed by atoms with Crippen molar-refractivity contribution >= 4 is 16.9 Å². The molecule has 86 valence electrons. The summed E-state index contributed by atoms with van der Waals surface area (Å²) < 4.78 is 4.83. The molecule has 0 saturated heterocycles. The summed E-state index contributed by atoms with van der Waals surface area (Å²) in [6.45, 7) is 3.52. The molecule has 1 heterocycles. The second-order valence-corrected chi connectivity index (χ2v) is 3.46. The lowest BCUT2D eigenvalue weighted by molar-refractivity contribution is 0.0548. The van der Waals surface area contributed by atoms with Crippen LogP contribution in [0.3, 0.4) is 0 Å². The third-order valence-electron chi connectivity index (χ3n) is 2.34. The predicted octanol–water partition coefficient (Wildman–Crippen LogP) is 1.87. The Hall–Kier alpha value is -2.36. The fraction of sp³-hybridized carbons (Fsp3) is 0.0769. The standard InChI is InChI=1S/C13H11NO3/c1-2-7-17-13(16)10-8-14-11-6-4-3-5-9(11)12(10)15/h2-6,8H,1,7H2,(H,14,15). The number of ether oxygens (including phenoxy) is 1. The van der Waals surface area contributed by atoms with Gasteiger partial charge in [-0.25, -0.2) is 4.79 Å². The molecule has 0 amide bonds. The molecule has 1 N–H and O–H groups in total. The molecule has 1 aromatic heterocycles. The maximum absolute atomic E-state index is 12.0. The summed E-state index contributed by atoms with van der Waals surface area (Å²) in [7, 11) is 0. The van der Waals surface area contributed by atoms with Crippen LogP contribution in [0.15, 0.2) is 47.9 Å². The molecule has 2 aromatic rings. The van der Waals surface area contributed by atoms with Crippen LogP contribution in [0, 0.1) is 0 Å². The molecule has 0 aliphatic heterocycles. The van der Waals surface area contributed by atoms with E-state index < -0.39 is 5.97 Å².